The van der Waals surface area contributed by atoms with Gasteiger partial charge in [0.05, 0.1) is 18.4 Å². The molecule has 2 aliphatic carbocycles. The molecule has 2 aromatic rings. The number of rotatable bonds is 10. The van der Waals surface area contributed by atoms with Crippen LogP contribution < -0.4 is 10.6 Å². The lowest BCUT2D eigenvalue weighted by molar-refractivity contribution is -0.140. The van der Waals surface area contributed by atoms with E-state index in [4.69, 9.17) is 14.6 Å². The van der Waals surface area contributed by atoms with E-state index in [0.29, 0.717) is 19.4 Å². The van der Waals surface area contributed by atoms with Crippen molar-refractivity contribution < 1.29 is 29.0 Å². The molecule has 0 heterocycles. The van der Waals surface area contributed by atoms with E-state index >= 15 is 0 Å². The van der Waals surface area contributed by atoms with E-state index in [1.165, 1.54) is 0 Å². The Morgan fingerprint density at radius 1 is 1.03 bits per heavy atom. The molecule has 4 rings (SSSR count). The first-order valence-corrected chi connectivity index (χ1v) is 12.2. The lowest BCUT2D eigenvalue weighted by atomic mass is 9.98. The third kappa shape index (κ3) is 5.82. The predicted molar refractivity (Wildman–Crippen MR) is 130 cm³/mol. The lowest BCUT2D eigenvalue weighted by Crippen LogP contribution is -2.46. The van der Waals surface area contributed by atoms with Gasteiger partial charge in [-0.05, 0) is 42.0 Å². The summed E-state index contributed by atoms with van der Waals surface area (Å²) in [7, 11) is 0. The zero-order chi connectivity index (χ0) is 24.8. The van der Waals surface area contributed by atoms with Crippen LogP contribution in [0.15, 0.2) is 48.5 Å². The Morgan fingerprint density at radius 2 is 1.69 bits per heavy atom. The molecule has 3 N–H and O–H groups in total. The first-order valence-electron chi connectivity index (χ1n) is 12.2. The molecule has 186 valence electrons. The van der Waals surface area contributed by atoms with Gasteiger partial charge >= 0.3 is 12.1 Å². The Balaban J connectivity index is 1.31. The van der Waals surface area contributed by atoms with Gasteiger partial charge in [0, 0.05) is 25.1 Å². The topological polar surface area (TPSA) is 114 Å². The van der Waals surface area contributed by atoms with Gasteiger partial charge in [0.25, 0.3) is 0 Å². The largest absolute Gasteiger partial charge is 0.481 e. The minimum Gasteiger partial charge on any atom is -0.481 e. The number of fused-ring (bicyclic) bond motifs is 3. The summed E-state index contributed by atoms with van der Waals surface area (Å²) in [6.07, 6.45) is 0.854. The fourth-order valence-corrected chi connectivity index (χ4v) is 5.20. The average Bonchev–Trinajstić information content (AvgIpc) is 3.43. The monoisotopic (exact) mass is 480 g/mol. The molecule has 1 unspecified atom stereocenters. The maximum atomic E-state index is 12.8. The van der Waals surface area contributed by atoms with Crippen LogP contribution in [0, 0.1) is 5.92 Å². The molecular weight excluding hydrogens is 448 g/mol. The van der Waals surface area contributed by atoms with E-state index in [1.807, 2.05) is 24.3 Å². The minimum absolute atomic E-state index is 0.0273. The number of ether oxygens (including phenoxy) is 2. The Bertz CT molecular complexity index is 1030. The highest BCUT2D eigenvalue weighted by Gasteiger charge is 2.35. The van der Waals surface area contributed by atoms with E-state index in [2.05, 4.69) is 34.9 Å². The molecule has 2 aromatic carbocycles. The highest BCUT2D eigenvalue weighted by atomic mass is 16.5. The predicted octanol–water partition coefficient (Wildman–Crippen LogP) is 3.69. The van der Waals surface area contributed by atoms with Crippen LogP contribution >= 0.6 is 0 Å². The second kappa shape index (κ2) is 11.4. The Labute approximate surface area is 205 Å². The Hall–Kier alpha value is -3.39. The number of carbonyl (C=O) groups is 3. The van der Waals surface area contributed by atoms with Crippen molar-refractivity contribution >= 4 is 18.0 Å². The van der Waals surface area contributed by atoms with E-state index < -0.39 is 18.2 Å². The zero-order valence-electron chi connectivity index (χ0n) is 19.9. The molecule has 0 aromatic heterocycles. The number of hydrogen-bond acceptors (Lipinski definition) is 5. The molecule has 0 aliphatic heterocycles. The van der Waals surface area contributed by atoms with Crippen molar-refractivity contribution in [2.24, 2.45) is 5.92 Å². The number of alkyl carbamates (subject to hydrolysis) is 1. The van der Waals surface area contributed by atoms with Crippen molar-refractivity contribution in [1.29, 1.82) is 0 Å². The number of carboxylic acid groups (broad SMARTS) is 1. The quantitative estimate of drug-likeness (QED) is 0.478. The highest BCUT2D eigenvalue weighted by Crippen LogP contribution is 2.44. The molecule has 8 heteroatoms. The molecule has 35 heavy (non-hydrogen) atoms. The van der Waals surface area contributed by atoms with E-state index in [0.717, 1.165) is 28.7 Å². The summed E-state index contributed by atoms with van der Waals surface area (Å²) >= 11 is 0. The van der Waals surface area contributed by atoms with Crippen LogP contribution in [0.25, 0.3) is 11.1 Å². The summed E-state index contributed by atoms with van der Waals surface area (Å²) in [4.78, 5) is 36.4. The van der Waals surface area contributed by atoms with Gasteiger partial charge in [0.1, 0.15) is 6.61 Å². The van der Waals surface area contributed by atoms with Gasteiger partial charge in [0.2, 0.25) is 5.91 Å². The Morgan fingerprint density at radius 3 is 2.31 bits per heavy atom. The molecule has 0 spiro atoms. The summed E-state index contributed by atoms with van der Waals surface area (Å²) < 4.78 is 11.0. The normalized spacial score (nSPS) is 19.5. The van der Waals surface area contributed by atoms with Gasteiger partial charge in [-0.1, -0.05) is 55.0 Å². The van der Waals surface area contributed by atoms with E-state index in [1.54, 1.807) is 6.92 Å². The molecule has 0 radical (unpaired) electrons. The summed E-state index contributed by atoms with van der Waals surface area (Å²) in [6, 6.07) is 16.0. The number of aliphatic carboxylic acids is 1. The highest BCUT2D eigenvalue weighted by molar-refractivity contribution is 5.81. The minimum atomic E-state index is -0.978. The van der Waals surface area contributed by atoms with Crippen molar-refractivity contribution in [1.82, 2.24) is 10.6 Å². The maximum Gasteiger partial charge on any atom is 0.407 e. The third-order valence-electron chi connectivity index (χ3n) is 6.81. The van der Waals surface area contributed by atoms with E-state index in [-0.39, 0.29) is 43.4 Å². The summed E-state index contributed by atoms with van der Waals surface area (Å²) in [6.45, 7) is 2.48. The molecule has 0 saturated heterocycles. The molecule has 0 bridgehead atoms. The number of amides is 2. The number of benzene rings is 2. The van der Waals surface area contributed by atoms with Gasteiger partial charge < -0.3 is 25.2 Å². The van der Waals surface area contributed by atoms with Crippen LogP contribution in [0.3, 0.4) is 0 Å². The SMILES string of the molecule is CCOC(CNC(=O)[C@H]1CCC[C@H]1NC(=O)OCC1c2ccccc2-c2ccccc21)CC(=O)O. The Kier molecular flexibility index (Phi) is 8.02. The van der Waals surface area contributed by atoms with Crippen molar-refractivity contribution in [3.05, 3.63) is 59.7 Å². The number of nitrogens with one attached hydrogen (secondary N) is 2. The first-order chi connectivity index (χ1) is 17.0. The summed E-state index contributed by atoms with van der Waals surface area (Å²) in [5, 5.41) is 14.7. The smallest absolute Gasteiger partial charge is 0.407 e. The number of carbonyl (C=O) groups excluding carboxylic acids is 2. The molecule has 8 nitrogen and oxygen atoms in total. The third-order valence-corrected chi connectivity index (χ3v) is 6.81. The van der Waals surface area contributed by atoms with Crippen LogP contribution in [0.1, 0.15) is 49.7 Å². The summed E-state index contributed by atoms with van der Waals surface area (Å²) in [5.74, 6) is -1.60. The van der Waals surface area contributed by atoms with Gasteiger partial charge in [-0.3, -0.25) is 9.59 Å². The number of carboxylic acids is 1. The second-order valence-electron chi connectivity index (χ2n) is 9.03. The van der Waals surface area contributed by atoms with Crippen LogP contribution in [0.2, 0.25) is 0 Å². The standard InChI is InChI=1S/C27H32N2O6/c1-2-34-17(14-25(30)31)15-28-26(32)22-12-7-13-24(22)29-27(33)35-16-23-20-10-5-3-8-18(20)19-9-4-6-11-21(19)23/h3-6,8-11,17,22-24H,2,7,12-16H2,1H3,(H,28,32)(H,29,33)(H,30,31)/t17?,22-,24+/m0/s1. The molecular formula is C27H32N2O6. The van der Waals surface area contributed by atoms with Crippen LogP contribution in [-0.2, 0) is 19.1 Å². The molecule has 2 amide bonds. The van der Waals surface area contributed by atoms with Crippen molar-refractivity contribution in [3.63, 3.8) is 0 Å². The van der Waals surface area contributed by atoms with Gasteiger partial charge in [-0.25, -0.2) is 4.79 Å². The van der Waals surface area contributed by atoms with Crippen molar-refractivity contribution in [2.75, 3.05) is 19.8 Å². The van der Waals surface area contributed by atoms with Crippen LogP contribution in [0.5, 0.6) is 0 Å². The average molecular weight is 481 g/mol. The van der Waals surface area contributed by atoms with Gasteiger partial charge in [-0.15, -0.1) is 0 Å². The zero-order valence-corrected chi connectivity index (χ0v) is 19.9. The summed E-state index contributed by atoms with van der Waals surface area (Å²) in [5.41, 5.74) is 4.62. The maximum absolute atomic E-state index is 12.8. The van der Waals surface area contributed by atoms with Gasteiger partial charge in [-0.2, -0.15) is 0 Å². The molecule has 1 fully saturated rings. The fraction of sp³-hybridized carbons (Fsp3) is 0.444. The fourth-order valence-electron chi connectivity index (χ4n) is 5.20. The van der Waals surface area contributed by atoms with Crippen molar-refractivity contribution in [3.8, 4) is 11.1 Å². The second-order valence-corrected chi connectivity index (χ2v) is 9.03. The molecule has 3 atom stereocenters. The molecule has 2 aliphatic rings. The molecule has 1 saturated carbocycles. The van der Waals surface area contributed by atoms with Crippen molar-refractivity contribution in [2.45, 2.75) is 50.7 Å². The van der Waals surface area contributed by atoms with Gasteiger partial charge in [0.15, 0.2) is 0 Å². The lowest BCUT2D eigenvalue weighted by Gasteiger charge is -2.22. The van der Waals surface area contributed by atoms with Crippen LogP contribution in [0.4, 0.5) is 4.79 Å². The van der Waals surface area contributed by atoms with E-state index in [9.17, 15) is 14.4 Å². The first kappa shape index (κ1) is 24.7. The van der Waals surface area contributed by atoms with Crippen LogP contribution in [-0.4, -0.2) is 55.0 Å². The number of hydrogen-bond donors (Lipinski definition) is 3.